The summed E-state index contributed by atoms with van der Waals surface area (Å²) >= 11 is 0. The molecule has 0 saturated carbocycles. The molecule has 22 heavy (non-hydrogen) atoms. The molecular formula is C21H14N+. The van der Waals surface area contributed by atoms with Crippen molar-refractivity contribution in [3.8, 4) is 0 Å². The van der Waals surface area contributed by atoms with E-state index in [9.17, 15) is 0 Å². The maximum Gasteiger partial charge on any atom is 0.226 e. The molecule has 0 fully saturated rings. The number of rotatable bonds is 0. The maximum atomic E-state index is 2.23. The normalized spacial score (nSPS) is 11.6. The first-order valence-electron chi connectivity index (χ1n) is 7.55. The van der Waals surface area contributed by atoms with E-state index in [0.717, 1.165) is 0 Å². The van der Waals surface area contributed by atoms with Crippen molar-refractivity contribution in [2.75, 3.05) is 0 Å². The predicted octanol–water partition coefficient (Wildman–Crippen LogP) is 4.88. The van der Waals surface area contributed by atoms with Crippen LogP contribution < -0.4 is 4.40 Å². The summed E-state index contributed by atoms with van der Waals surface area (Å²) < 4.78 is 2.23. The third-order valence-electron chi connectivity index (χ3n) is 4.50. The number of hydrogen-bond acceptors (Lipinski definition) is 0. The second kappa shape index (κ2) is 4.28. The van der Waals surface area contributed by atoms with E-state index < -0.39 is 0 Å². The summed E-state index contributed by atoms with van der Waals surface area (Å²) in [5, 5.41) is 7.80. The molecule has 0 unspecified atom stereocenters. The zero-order valence-corrected chi connectivity index (χ0v) is 12.0. The van der Waals surface area contributed by atoms with Crippen LogP contribution >= 0.6 is 0 Å². The molecular weight excluding hydrogens is 266 g/mol. The van der Waals surface area contributed by atoms with Gasteiger partial charge in [0.15, 0.2) is 12.4 Å². The van der Waals surface area contributed by atoms with Gasteiger partial charge >= 0.3 is 0 Å². The number of fused-ring (bicyclic) bond motifs is 7. The van der Waals surface area contributed by atoms with E-state index in [1.54, 1.807) is 0 Å². The summed E-state index contributed by atoms with van der Waals surface area (Å²) in [7, 11) is 0. The zero-order valence-electron chi connectivity index (χ0n) is 12.0. The average molecular weight is 280 g/mol. The lowest BCUT2D eigenvalue weighted by atomic mass is 9.99. The Labute approximate surface area is 128 Å². The topological polar surface area (TPSA) is 4.10 Å². The van der Waals surface area contributed by atoms with Crippen LogP contribution in [-0.4, -0.2) is 0 Å². The number of pyridine rings is 2. The highest BCUT2D eigenvalue weighted by Gasteiger charge is 2.14. The van der Waals surface area contributed by atoms with Gasteiger partial charge in [0.2, 0.25) is 5.52 Å². The molecule has 5 aromatic rings. The Bertz CT molecular complexity index is 1070. The number of nitrogens with zero attached hydrogens (tertiary/aromatic N) is 1. The van der Waals surface area contributed by atoms with E-state index in [1.807, 2.05) is 0 Å². The molecule has 0 bridgehead atoms. The largest absolute Gasteiger partial charge is 0.226 e. The Kier molecular flexibility index (Phi) is 2.28. The molecule has 3 aromatic carbocycles. The lowest BCUT2D eigenvalue weighted by Crippen LogP contribution is -2.20. The van der Waals surface area contributed by atoms with Crippen molar-refractivity contribution in [2.24, 2.45) is 0 Å². The van der Waals surface area contributed by atoms with Gasteiger partial charge in [-0.25, -0.2) is 0 Å². The molecule has 0 amide bonds. The van der Waals surface area contributed by atoms with E-state index in [4.69, 9.17) is 0 Å². The lowest BCUT2D eigenvalue weighted by Gasteiger charge is -2.06. The van der Waals surface area contributed by atoms with Gasteiger partial charge in [0.25, 0.3) is 0 Å². The minimum Gasteiger partial charge on any atom is -0.166 e. The molecule has 0 aliphatic heterocycles. The van der Waals surface area contributed by atoms with Crippen LogP contribution in [0.1, 0.15) is 0 Å². The van der Waals surface area contributed by atoms with Crippen molar-refractivity contribution in [2.45, 2.75) is 0 Å². The van der Waals surface area contributed by atoms with Crippen LogP contribution in [0.3, 0.4) is 0 Å². The van der Waals surface area contributed by atoms with Crippen molar-refractivity contribution in [3.05, 3.63) is 85.2 Å². The van der Waals surface area contributed by atoms with Gasteiger partial charge in [0.1, 0.15) is 0 Å². The zero-order chi connectivity index (χ0) is 14.5. The van der Waals surface area contributed by atoms with Gasteiger partial charge in [-0.15, -0.1) is 0 Å². The van der Waals surface area contributed by atoms with Crippen LogP contribution in [0.2, 0.25) is 0 Å². The van der Waals surface area contributed by atoms with Gasteiger partial charge in [-0.1, -0.05) is 54.6 Å². The Hall–Kier alpha value is -2.93. The summed E-state index contributed by atoms with van der Waals surface area (Å²) in [6.07, 6.45) is 4.30. The standard InChI is InChI=1S/C21H14N/c1-3-7-18-15(5-1)9-10-17-12-14-22-13-11-16-6-2-4-8-19(16)21(22)20(17)18/h1-14H/q+1. The van der Waals surface area contributed by atoms with Crippen LogP contribution in [-0.2, 0) is 0 Å². The van der Waals surface area contributed by atoms with E-state index in [1.165, 1.54) is 37.8 Å². The van der Waals surface area contributed by atoms with Crippen molar-refractivity contribution in [3.63, 3.8) is 0 Å². The molecule has 0 saturated heterocycles. The van der Waals surface area contributed by atoms with Gasteiger partial charge in [-0.2, -0.15) is 4.40 Å². The molecule has 2 aromatic heterocycles. The van der Waals surface area contributed by atoms with Crippen LogP contribution in [0.25, 0.3) is 37.8 Å². The Morgan fingerprint density at radius 3 is 1.91 bits per heavy atom. The van der Waals surface area contributed by atoms with Crippen LogP contribution in [0.4, 0.5) is 0 Å². The number of benzene rings is 3. The SMILES string of the molecule is c1ccc2c(c1)ccc1cc[n+]3ccc4ccccc4c3c12. The second-order valence-corrected chi connectivity index (χ2v) is 5.73. The molecule has 102 valence electrons. The Balaban J connectivity index is 2.19. The second-order valence-electron chi connectivity index (χ2n) is 5.73. The van der Waals surface area contributed by atoms with Crippen LogP contribution in [0.5, 0.6) is 0 Å². The van der Waals surface area contributed by atoms with Crippen molar-refractivity contribution >= 4 is 37.8 Å². The fraction of sp³-hybridized carbons (Fsp3) is 0. The van der Waals surface area contributed by atoms with E-state index in [-0.39, 0.29) is 0 Å². The summed E-state index contributed by atoms with van der Waals surface area (Å²) in [6, 6.07) is 26.0. The first kappa shape index (κ1) is 11.7. The molecule has 0 radical (unpaired) electrons. The maximum absolute atomic E-state index is 2.23. The fourth-order valence-corrected chi connectivity index (χ4v) is 3.47. The minimum absolute atomic E-state index is 1.28. The van der Waals surface area contributed by atoms with E-state index in [2.05, 4.69) is 89.6 Å². The molecule has 2 heterocycles. The highest BCUT2D eigenvalue weighted by molar-refractivity contribution is 6.18. The third-order valence-corrected chi connectivity index (χ3v) is 4.50. The monoisotopic (exact) mass is 280 g/mol. The molecule has 0 spiro atoms. The van der Waals surface area contributed by atoms with E-state index >= 15 is 0 Å². The summed E-state index contributed by atoms with van der Waals surface area (Å²) in [5.41, 5.74) is 1.28. The van der Waals surface area contributed by atoms with E-state index in [0.29, 0.717) is 0 Å². The number of hydrogen-bond donors (Lipinski definition) is 0. The molecule has 0 atom stereocenters. The molecule has 0 aliphatic rings. The summed E-state index contributed by atoms with van der Waals surface area (Å²) in [5.74, 6) is 0. The van der Waals surface area contributed by atoms with Gasteiger partial charge in [-0.3, -0.25) is 0 Å². The van der Waals surface area contributed by atoms with Crippen LogP contribution in [0.15, 0.2) is 85.2 Å². The van der Waals surface area contributed by atoms with Gasteiger partial charge in [0, 0.05) is 12.1 Å². The summed E-state index contributed by atoms with van der Waals surface area (Å²) in [4.78, 5) is 0. The third kappa shape index (κ3) is 1.51. The smallest absolute Gasteiger partial charge is 0.166 e. The highest BCUT2D eigenvalue weighted by Crippen LogP contribution is 2.30. The summed E-state index contributed by atoms with van der Waals surface area (Å²) in [6.45, 7) is 0. The van der Waals surface area contributed by atoms with Crippen molar-refractivity contribution in [1.29, 1.82) is 0 Å². The first-order chi connectivity index (χ1) is 10.9. The minimum atomic E-state index is 1.28. The van der Waals surface area contributed by atoms with Gasteiger partial charge in [0.05, 0.1) is 10.8 Å². The number of aromatic nitrogens is 1. The molecule has 0 aliphatic carbocycles. The average Bonchev–Trinajstić information content (AvgIpc) is 2.60. The molecule has 1 nitrogen and oxygen atoms in total. The Morgan fingerprint density at radius 1 is 0.500 bits per heavy atom. The van der Waals surface area contributed by atoms with Gasteiger partial charge < -0.3 is 0 Å². The highest BCUT2D eigenvalue weighted by atomic mass is 14.8. The Morgan fingerprint density at radius 2 is 1.09 bits per heavy atom. The molecule has 5 rings (SSSR count). The first-order valence-corrected chi connectivity index (χ1v) is 7.55. The van der Waals surface area contributed by atoms with Crippen LogP contribution in [0, 0.1) is 0 Å². The van der Waals surface area contributed by atoms with Gasteiger partial charge in [-0.05, 0) is 27.6 Å². The lowest BCUT2D eigenvalue weighted by molar-refractivity contribution is -0.509. The predicted molar refractivity (Wildman–Crippen MR) is 92.1 cm³/mol. The molecule has 0 N–H and O–H groups in total. The molecule has 1 heteroatoms. The fourth-order valence-electron chi connectivity index (χ4n) is 3.47. The quantitative estimate of drug-likeness (QED) is 0.281. The van der Waals surface area contributed by atoms with Crippen molar-refractivity contribution < 1.29 is 4.40 Å². The van der Waals surface area contributed by atoms with Crippen molar-refractivity contribution in [1.82, 2.24) is 0 Å².